The molecule has 1 aliphatic heterocycles. The number of thiophene rings is 1. The highest BCUT2D eigenvalue weighted by Gasteiger charge is 2.28. The van der Waals surface area contributed by atoms with E-state index < -0.39 is 0 Å². The van der Waals surface area contributed by atoms with Gasteiger partial charge in [-0.25, -0.2) is 0 Å². The minimum atomic E-state index is 0.672. The molecule has 21 heavy (non-hydrogen) atoms. The van der Waals surface area contributed by atoms with Crippen molar-refractivity contribution >= 4 is 11.3 Å². The Morgan fingerprint density at radius 2 is 1.67 bits per heavy atom. The summed E-state index contributed by atoms with van der Waals surface area (Å²) in [6.07, 6.45) is 12.5. The predicted molar refractivity (Wildman–Crippen MR) is 88.8 cm³/mol. The molecule has 0 bridgehead atoms. The maximum Gasteiger partial charge on any atom is 0.175 e. The van der Waals surface area contributed by atoms with Crippen LogP contribution in [0, 0.1) is 12.8 Å². The maximum atomic E-state index is 5.93. The molecule has 0 saturated heterocycles. The Kier molecular flexibility index (Phi) is 4.89. The third kappa shape index (κ3) is 3.28. The fraction of sp³-hybridized carbons (Fsp3) is 0.667. The number of aryl methyl sites for hydroxylation is 1. The maximum absolute atomic E-state index is 5.93. The van der Waals surface area contributed by atoms with Gasteiger partial charge in [-0.15, -0.1) is 11.3 Å². The standard InChI is InChI=1S/C18H26O2S/c1-3-6-14-7-4-9-15(10-5-8-14)18-17-16(13(2)21-18)19-11-12-20-17/h3,6,14-15H,4-5,7-12H2,1-2H3/b6-3+. The minimum absolute atomic E-state index is 0.672. The molecule has 1 fully saturated rings. The van der Waals surface area contributed by atoms with Gasteiger partial charge in [0.2, 0.25) is 0 Å². The lowest BCUT2D eigenvalue weighted by Crippen LogP contribution is -2.16. The molecule has 2 nitrogen and oxygen atoms in total. The molecule has 3 heteroatoms. The lowest BCUT2D eigenvalue weighted by Gasteiger charge is -2.24. The summed E-state index contributed by atoms with van der Waals surface area (Å²) in [5.41, 5.74) is 0. The molecule has 1 saturated carbocycles. The summed E-state index contributed by atoms with van der Waals surface area (Å²) in [5, 5.41) is 0. The van der Waals surface area contributed by atoms with Crippen molar-refractivity contribution in [2.24, 2.45) is 5.92 Å². The van der Waals surface area contributed by atoms with E-state index in [2.05, 4.69) is 26.0 Å². The predicted octanol–water partition coefficient (Wildman–Crippen LogP) is 5.46. The summed E-state index contributed by atoms with van der Waals surface area (Å²) in [6, 6.07) is 0. The molecule has 1 aromatic rings. The van der Waals surface area contributed by atoms with Gasteiger partial charge >= 0.3 is 0 Å². The zero-order valence-electron chi connectivity index (χ0n) is 13.2. The Morgan fingerprint density at radius 3 is 2.33 bits per heavy atom. The molecule has 2 aliphatic rings. The van der Waals surface area contributed by atoms with E-state index in [1.165, 1.54) is 48.3 Å². The topological polar surface area (TPSA) is 18.5 Å². The van der Waals surface area contributed by atoms with Crippen LogP contribution in [0.3, 0.4) is 0 Å². The molecule has 0 aromatic carbocycles. The van der Waals surface area contributed by atoms with Crippen molar-refractivity contribution in [3.05, 3.63) is 21.9 Å². The third-order valence-electron chi connectivity index (χ3n) is 4.68. The molecule has 0 unspecified atom stereocenters. The molecule has 1 aromatic heterocycles. The molecule has 2 heterocycles. The van der Waals surface area contributed by atoms with Crippen LogP contribution in [0.25, 0.3) is 0 Å². The van der Waals surface area contributed by atoms with Crippen molar-refractivity contribution in [2.45, 2.75) is 58.3 Å². The van der Waals surface area contributed by atoms with Gasteiger partial charge in [-0.3, -0.25) is 0 Å². The summed E-state index contributed by atoms with van der Waals surface area (Å²) < 4.78 is 11.7. The van der Waals surface area contributed by atoms with Gasteiger partial charge in [0.15, 0.2) is 11.5 Å². The number of rotatable bonds is 2. The Hall–Kier alpha value is -0.960. The highest BCUT2D eigenvalue weighted by molar-refractivity contribution is 7.12. The Morgan fingerprint density at radius 1 is 1.00 bits per heavy atom. The van der Waals surface area contributed by atoms with E-state index in [0.717, 1.165) is 17.4 Å². The van der Waals surface area contributed by atoms with E-state index in [1.807, 2.05) is 11.3 Å². The highest BCUT2D eigenvalue weighted by Crippen LogP contribution is 2.49. The van der Waals surface area contributed by atoms with Crippen LogP contribution in [-0.4, -0.2) is 13.2 Å². The van der Waals surface area contributed by atoms with Gasteiger partial charge in [-0.05, 0) is 51.4 Å². The summed E-state index contributed by atoms with van der Waals surface area (Å²) in [7, 11) is 0. The summed E-state index contributed by atoms with van der Waals surface area (Å²) in [4.78, 5) is 2.74. The first-order valence-electron chi connectivity index (χ1n) is 8.31. The highest BCUT2D eigenvalue weighted by atomic mass is 32.1. The van der Waals surface area contributed by atoms with Crippen LogP contribution in [0.2, 0.25) is 0 Å². The number of hydrogen-bond donors (Lipinski definition) is 0. The second-order valence-electron chi connectivity index (χ2n) is 6.22. The van der Waals surface area contributed by atoms with Crippen LogP contribution >= 0.6 is 11.3 Å². The van der Waals surface area contributed by atoms with E-state index in [0.29, 0.717) is 19.1 Å². The fourth-order valence-corrected chi connectivity index (χ4v) is 4.88. The molecule has 0 atom stereocenters. The van der Waals surface area contributed by atoms with Crippen LogP contribution in [0.15, 0.2) is 12.2 Å². The average molecular weight is 306 g/mol. The van der Waals surface area contributed by atoms with E-state index in [-0.39, 0.29) is 0 Å². The number of hydrogen-bond acceptors (Lipinski definition) is 3. The fourth-order valence-electron chi connectivity index (χ4n) is 3.66. The van der Waals surface area contributed by atoms with Crippen LogP contribution in [0.4, 0.5) is 0 Å². The number of allylic oxidation sites excluding steroid dienone is 2. The lowest BCUT2D eigenvalue weighted by atomic mass is 9.85. The lowest BCUT2D eigenvalue weighted by molar-refractivity contribution is 0.170. The van der Waals surface area contributed by atoms with Gasteiger partial charge in [-0.2, -0.15) is 0 Å². The first-order valence-corrected chi connectivity index (χ1v) is 9.13. The third-order valence-corrected chi connectivity index (χ3v) is 5.91. The second-order valence-corrected chi connectivity index (χ2v) is 7.48. The Labute approximate surface area is 132 Å². The molecule has 0 amide bonds. The van der Waals surface area contributed by atoms with E-state index in [4.69, 9.17) is 9.47 Å². The van der Waals surface area contributed by atoms with Crippen molar-refractivity contribution in [3.8, 4) is 11.5 Å². The molecule has 0 radical (unpaired) electrons. The largest absolute Gasteiger partial charge is 0.485 e. The van der Waals surface area contributed by atoms with Gasteiger partial charge in [0, 0.05) is 4.88 Å². The van der Waals surface area contributed by atoms with Crippen LogP contribution in [-0.2, 0) is 0 Å². The molecular weight excluding hydrogens is 280 g/mol. The Bertz CT molecular complexity index is 494. The SMILES string of the molecule is C/C=C/C1CCCC(c2sc(C)c3c2OCCO3)CCC1. The van der Waals surface area contributed by atoms with Crippen molar-refractivity contribution in [1.29, 1.82) is 0 Å². The van der Waals surface area contributed by atoms with Crippen LogP contribution in [0.1, 0.15) is 61.1 Å². The van der Waals surface area contributed by atoms with Gasteiger partial charge < -0.3 is 9.47 Å². The van der Waals surface area contributed by atoms with Crippen molar-refractivity contribution < 1.29 is 9.47 Å². The molecule has 3 rings (SSSR count). The first-order chi connectivity index (χ1) is 10.3. The minimum Gasteiger partial charge on any atom is -0.485 e. The van der Waals surface area contributed by atoms with E-state index in [1.54, 1.807) is 0 Å². The van der Waals surface area contributed by atoms with Gasteiger partial charge in [0.25, 0.3) is 0 Å². The van der Waals surface area contributed by atoms with Crippen molar-refractivity contribution in [2.75, 3.05) is 13.2 Å². The van der Waals surface area contributed by atoms with Crippen molar-refractivity contribution in [3.63, 3.8) is 0 Å². The summed E-state index contributed by atoms with van der Waals surface area (Å²) in [5.74, 6) is 3.56. The van der Waals surface area contributed by atoms with Gasteiger partial charge in [0.1, 0.15) is 13.2 Å². The zero-order valence-corrected chi connectivity index (χ0v) is 14.0. The van der Waals surface area contributed by atoms with E-state index in [9.17, 15) is 0 Å². The van der Waals surface area contributed by atoms with Gasteiger partial charge in [-0.1, -0.05) is 25.0 Å². The molecule has 1 aliphatic carbocycles. The molecule has 0 N–H and O–H groups in total. The first kappa shape index (κ1) is 15.0. The summed E-state index contributed by atoms with van der Waals surface area (Å²) in [6.45, 7) is 5.69. The quantitative estimate of drug-likeness (QED) is 0.676. The Balaban J connectivity index is 1.73. The summed E-state index contributed by atoms with van der Waals surface area (Å²) >= 11 is 1.90. The number of ether oxygens (including phenoxy) is 2. The van der Waals surface area contributed by atoms with E-state index >= 15 is 0 Å². The van der Waals surface area contributed by atoms with Crippen LogP contribution in [0.5, 0.6) is 11.5 Å². The number of fused-ring (bicyclic) bond motifs is 1. The molecule has 116 valence electrons. The molecule has 0 spiro atoms. The normalized spacial score (nSPS) is 26.6. The average Bonchev–Trinajstić information content (AvgIpc) is 2.80. The monoisotopic (exact) mass is 306 g/mol. The van der Waals surface area contributed by atoms with Crippen molar-refractivity contribution in [1.82, 2.24) is 0 Å². The van der Waals surface area contributed by atoms with Gasteiger partial charge in [0.05, 0.1) is 4.88 Å². The molecular formula is C18H26O2S. The second kappa shape index (κ2) is 6.87. The smallest absolute Gasteiger partial charge is 0.175 e. The van der Waals surface area contributed by atoms with Crippen LogP contribution < -0.4 is 9.47 Å². The zero-order chi connectivity index (χ0) is 14.7.